The Bertz CT molecular complexity index is 1130. The Morgan fingerprint density at radius 1 is 1.09 bits per heavy atom. The first kappa shape index (κ1) is 22.8. The number of hydrogen-bond acceptors (Lipinski definition) is 3. The van der Waals surface area contributed by atoms with Crippen LogP contribution < -0.4 is 16.0 Å². The summed E-state index contributed by atoms with van der Waals surface area (Å²) in [6.07, 6.45) is 1.54. The highest BCUT2D eigenvalue weighted by molar-refractivity contribution is 5.98. The largest absolute Gasteiger partial charge is 0.416 e. The van der Waals surface area contributed by atoms with Crippen LogP contribution in [-0.2, 0) is 11.0 Å². The first-order chi connectivity index (χ1) is 15.1. The summed E-state index contributed by atoms with van der Waals surface area (Å²) in [6, 6.07) is 0.834. The number of allylic oxidation sites excluding steroid dienone is 4. The fourth-order valence-corrected chi connectivity index (χ4v) is 3.16. The van der Waals surface area contributed by atoms with Gasteiger partial charge in [0.2, 0.25) is 5.91 Å². The van der Waals surface area contributed by atoms with Gasteiger partial charge in [-0.15, -0.1) is 0 Å². The van der Waals surface area contributed by atoms with Crippen LogP contribution in [0.2, 0.25) is 0 Å². The lowest BCUT2D eigenvalue weighted by molar-refractivity contribution is -0.137. The second-order valence-corrected chi connectivity index (χ2v) is 6.95. The molecule has 0 spiro atoms. The van der Waals surface area contributed by atoms with Crippen molar-refractivity contribution in [2.24, 2.45) is 0 Å². The Morgan fingerprint density at radius 2 is 1.84 bits per heavy atom. The summed E-state index contributed by atoms with van der Waals surface area (Å²) in [5.41, 5.74) is 0.412. The number of nitrogens with one attached hydrogen (secondary N) is 4. The zero-order chi connectivity index (χ0) is 23.5. The second-order valence-electron chi connectivity index (χ2n) is 6.95. The highest BCUT2D eigenvalue weighted by Gasteiger charge is 2.31. The van der Waals surface area contributed by atoms with Gasteiger partial charge >= 0.3 is 12.2 Å². The lowest BCUT2D eigenvalue weighted by Crippen LogP contribution is -2.29. The summed E-state index contributed by atoms with van der Waals surface area (Å²) in [6.45, 7) is 1.31. The SMILES string of the molecule is CC(=O)Nc1[nH]cc(C2=CC=C(NC(=O)Nc3cc(C(F)(F)F)ccc3F)CC2)c1C=O. The monoisotopic (exact) mass is 450 g/mol. The van der Waals surface area contributed by atoms with Gasteiger partial charge in [-0.05, 0) is 42.7 Å². The average Bonchev–Trinajstić information content (AvgIpc) is 3.11. The highest BCUT2D eigenvalue weighted by atomic mass is 19.4. The second kappa shape index (κ2) is 9.08. The van der Waals surface area contributed by atoms with Gasteiger partial charge in [-0.25, -0.2) is 9.18 Å². The third kappa shape index (κ3) is 5.23. The van der Waals surface area contributed by atoms with Gasteiger partial charge in [0.1, 0.15) is 11.6 Å². The summed E-state index contributed by atoms with van der Waals surface area (Å²) in [5.74, 6) is -1.07. The van der Waals surface area contributed by atoms with Gasteiger partial charge in [0.05, 0.1) is 16.8 Å². The van der Waals surface area contributed by atoms with Gasteiger partial charge in [0.15, 0.2) is 6.29 Å². The molecule has 7 nitrogen and oxygen atoms in total. The summed E-state index contributed by atoms with van der Waals surface area (Å²) in [5, 5.41) is 7.07. The number of aldehydes is 1. The molecule has 3 amide bonds. The first-order valence-corrected chi connectivity index (χ1v) is 9.37. The summed E-state index contributed by atoms with van der Waals surface area (Å²) in [4.78, 5) is 37.6. The van der Waals surface area contributed by atoms with Crippen LogP contribution in [0.5, 0.6) is 0 Å². The number of benzene rings is 1. The number of H-pyrrole nitrogens is 1. The molecule has 0 saturated heterocycles. The standard InChI is InChI=1S/C21H18F4N4O3/c1-11(31)27-19-16(10-30)15(9-26-19)12-2-5-14(6-3-12)28-20(32)29-18-8-13(21(23,24)25)4-7-17(18)22/h2,4-5,7-10,26H,3,6H2,1H3,(H,27,31)(H2,28,29,32). The van der Waals surface area contributed by atoms with E-state index in [1.54, 1.807) is 18.3 Å². The van der Waals surface area contributed by atoms with Crippen molar-refractivity contribution < 1.29 is 31.9 Å². The van der Waals surface area contributed by atoms with Gasteiger partial charge in [-0.2, -0.15) is 13.2 Å². The molecule has 1 aliphatic rings. The molecule has 1 aromatic heterocycles. The maximum atomic E-state index is 13.8. The molecule has 3 rings (SSSR count). The quantitative estimate of drug-likeness (QED) is 0.388. The number of carbonyl (C=O) groups excluding carboxylic acids is 3. The van der Waals surface area contributed by atoms with E-state index in [1.165, 1.54) is 6.92 Å². The number of aromatic amines is 1. The third-order valence-electron chi connectivity index (χ3n) is 4.65. The van der Waals surface area contributed by atoms with E-state index in [-0.39, 0.29) is 17.3 Å². The summed E-state index contributed by atoms with van der Waals surface area (Å²) < 4.78 is 52.2. The zero-order valence-electron chi connectivity index (χ0n) is 16.7. The molecule has 2 aromatic rings. The number of rotatable bonds is 5. The van der Waals surface area contributed by atoms with Crippen LogP contribution in [-0.4, -0.2) is 23.2 Å². The van der Waals surface area contributed by atoms with E-state index in [9.17, 15) is 31.9 Å². The predicted octanol–water partition coefficient (Wildman–Crippen LogP) is 4.83. The molecule has 0 bridgehead atoms. The van der Waals surface area contributed by atoms with Gasteiger partial charge in [0, 0.05) is 24.4 Å². The van der Waals surface area contributed by atoms with Gasteiger partial charge < -0.3 is 20.9 Å². The van der Waals surface area contributed by atoms with Gasteiger partial charge in [0.25, 0.3) is 0 Å². The number of anilines is 2. The molecule has 1 heterocycles. The van der Waals surface area contributed by atoms with E-state index in [0.29, 0.717) is 48.6 Å². The van der Waals surface area contributed by atoms with Crippen molar-refractivity contribution >= 4 is 35.3 Å². The maximum Gasteiger partial charge on any atom is 0.416 e. The molecule has 1 aromatic carbocycles. The van der Waals surface area contributed by atoms with E-state index in [2.05, 4.69) is 20.9 Å². The molecule has 168 valence electrons. The predicted molar refractivity (Wildman–Crippen MR) is 109 cm³/mol. The smallest absolute Gasteiger partial charge is 0.347 e. The van der Waals surface area contributed by atoms with Crippen molar-refractivity contribution in [1.29, 1.82) is 0 Å². The summed E-state index contributed by atoms with van der Waals surface area (Å²) in [7, 11) is 0. The Kier molecular flexibility index (Phi) is 6.47. The van der Waals surface area contributed by atoms with Crippen LogP contribution in [0.25, 0.3) is 5.57 Å². The van der Waals surface area contributed by atoms with Crippen LogP contribution in [0, 0.1) is 5.82 Å². The molecule has 32 heavy (non-hydrogen) atoms. The van der Waals surface area contributed by atoms with Crippen molar-refractivity contribution in [3.8, 4) is 0 Å². The van der Waals surface area contributed by atoms with Crippen molar-refractivity contribution in [2.75, 3.05) is 10.6 Å². The van der Waals surface area contributed by atoms with Crippen molar-refractivity contribution in [3.63, 3.8) is 0 Å². The maximum absolute atomic E-state index is 13.8. The molecule has 0 radical (unpaired) electrons. The van der Waals surface area contributed by atoms with Crippen LogP contribution >= 0.6 is 0 Å². The van der Waals surface area contributed by atoms with Crippen molar-refractivity contribution in [1.82, 2.24) is 10.3 Å². The number of alkyl halides is 3. The van der Waals surface area contributed by atoms with Gasteiger partial charge in [-0.3, -0.25) is 9.59 Å². The first-order valence-electron chi connectivity index (χ1n) is 9.37. The molecule has 0 unspecified atom stereocenters. The Balaban J connectivity index is 1.71. The molecule has 0 saturated carbocycles. The van der Waals surface area contributed by atoms with E-state index < -0.39 is 29.3 Å². The molecule has 0 fully saturated rings. The number of urea groups is 1. The van der Waals surface area contributed by atoms with Gasteiger partial charge in [-0.1, -0.05) is 6.08 Å². The third-order valence-corrected chi connectivity index (χ3v) is 4.65. The summed E-state index contributed by atoms with van der Waals surface area (Å²) >= 11 is 0. The molecule has 0 atom stereocenters. The molecule has 0 aliphatic heterocycles. The molecular weight excluding hydrogens is 432 g/mol. The highest BCUT2D eigenvalue weighted by Crippen LogP contribution is 2.32. The average molecular weight is 450 g/mol. The van der Waals surface area contributed by atoms with Crippen LogP contribution in [0.15, 0.2) is 42.2 Å². The van der Waals surface area contributed by atoms with Crippen LogP contribution in [0.1, 0.15) is 41.3 Å². The fourth-order valence-electron chi connectivity index (χ4n) is 3.16. The Hall–Kier alpha value is -3.89. The number of amides is 3. The minimum atomic E-state index is -4.67. The van der Waals surface area contributed by atoms with Crippen LogP contribution in [0.3, 0.4) is 0 Å². The zero-order valence-corrected chi connectivity index (χ0v) is 16.7. The molecule has 1 aliphatic carbocycles. The topological polar surface area (TPSA) is 103 Å². The lowest BCUT2D eigenvalue weighted by atomic mass is 9.95. The molecule has 4 N–H and O–H groups in total. The number of aromatic nitrogens is 1. The minimum Gasteiger partial charge on any atom is -0.347 e. The number of halogens is 4. The fraction of sp³-hybridized carbons (Fsp3) is 0.190. The molecule has 11 heteroatoms. The Morgan fingerprint density at radius 3 is 2.44 bits per heavy atom. The van der Waals surface area contributed by atoms with E-state index in [1.807, 2.05) is 0 Å². The Labute approximate surface area is 179 Å². The lowest BCUT2D eigenvalue weighted by Gasteiger charge is -2.17. The van der Waals surface area contributed by atoms with E-state index in [0.717, 1.165) is 5.57 Å². The van der Waals surface area contributed by atoms with E-state index in [4.69, 9.17) is 0 Å². The minimum absolute atomic E-state index is 0.277. The molecular formula is C21H18F4N4O3. The van der Waals surface area contributed by atoms with E-state index >= 15 is 0 Å². The number of carbonyl (C=O) groups is 3. The van der Waals surface area contributed by atoms with Crippen molar-refractivity contribution in [3.05, 3.63) is 64.8 Å². The van der Waals surface area contributed by atoms with Crippen molar-refractivity contribution in [2.45, 2.75) is 25.9 Å². The normalized spacial score (nSPS) is 13.7. The van der Waals surface area contributed by atoms with Crippen LogP contribution in [0.4, 0.5) is 33.9 Å². The number of hydrogen-bond donors (Lipinski definition) is 4.